The molecular weight excluding hydrogens is 302 g/mol. The van der Waals surface area contributed by atoms with Gasteiger partial charge in [-0.2, -0.15) is 0 Å². The number of rotatable bonds is 4. The number of hydrogen-bond acceptors (Lipinski definition) is 4. The summed E-state index contributed by atoms with van der Waals surface area (Å²) < 4.78 is 5.25. The monoisotopic (exact) mass is 325 g/mol. The van der Waals surface area contributed by atoms with Crippen LogP contribution < -0.4 is 5.32 Å². The molecule has 122 valence electrons. The van der Waals surface area contributed by atoms with Gasteiger partial charge in [0.15, 0.2) is 0 Å². The van der Waals surface area contributed by atoms with Crippen molar-refractivity contribution in [2.75, 3.05) is 19.6 Å². The lowest BCUT2D eigenvalue weighted by molar-refractivity contribution is 0.0519. The van der Waals surface area contributed by atoms with Crippen molar-refractivity contribution in [3.8, 4) is 0 Å². The average Bonchev–Trinajstić information content (AvgIpc) is 2.85. The van der Waals surface area contributed by atoms with Gasteiger partial charge in [0.2, 0.25) is 0 Å². The first kappa shape index (κ1) is 17.0. The van der Waals surface area contributed by atoms with Crippen LogP contribution in [-0.2, 0) is 11.3 Å². The summed E-state index contributed by atoms with van der Waals surface area (Å²) >= 11 is 6.14. The number of nitrogens with zero attached hydrogens (tertiary/aromatic N) is 2. The predicted octanol–water partition coefficient (Wildman–Crippen LogP) is 3.08. The Balaban J connectivity index is 1.74. The highest BCUT2D eigenvalue weighted by atomic mass is 35.5. The maximum atomic E-state index is 11.7. The van der Waals surface area contributed by atoms with Gasteiger partial charge < -0.3 is 10.1 Å². The maximum absolute atomic E-state index is 11.7. The van der Waals surface area contributed by atoms with Crippen molar-refractivity contribution in [2.24, 2.45) is 5.92 Å². The van der Waals surface area contributed by atoms with E-state index < -0.39 is 5.60 Å². The van der Waals surface area contributed by atoms with E-state index in [0.29, 0.717) is 17.5 Å². The molecule has 0 saturated carbocycles. The second-order valence-electron chi connectivity index (χ2n) is 6.74. The van der Waals surface area contributed by atoms with E-state index in [1.165, 1.54) is 0 Å². The molecule has 0 bridgehead atoms. The minimum atomic E-state index is -0.454. The van der Waals surface area contributed by atoms with Gasteiger partial charge in [0, 0.05) is 32.0 Å². The van der Waals surface area contributed by atoms with Crippen LogP contribution in [0.3, 0.4) is 0 Å². The molecule has 1 aromatic rings. The Morgan fingerprint density at radius 2 is 2.32 bits per heavy atom. The van der Waals surface area contributed by atoms with E-state index in [9.17, 15) is 4.79 Å². The van der Waals surface area contributed by atoms with E-state index in [2.05, 4.69) is 15.2 Å². The number of aromatic nitrogens is 1. The lowest BCUT2D eigenvalue weighted by atomic mass is 10.1. The molecule has 1 aliphatic heterocycles. The van der Waals surface area contributed by atoms with Gasteiger partial charge in [-0.1, -0.05) is 11.6 Å². The molecule has 0 radical (unpaired) electrons. The fraction of sp³-hybridized carbons (Fsp3) is 0.625. The third-order valence-corrected chi connectivity index (χ3v) is 3.89. The third-order valence-electron chi connectivity index (χ3n) is 3.55. The minimum Gasteiger partial charge on any atom is -0.444 e. The van der Waals surface area contributed by atoms with Gasteiger partial charge in [0.1, 0.15) is 5.60 Å². The Kier molecular flexibility index (Phi) is 5.64. The summed E-state index contributed by atoms with van der Waals surface area (Å²) in [5, 5.41) is 3.56. The highest BCUT2D eigenvalue weighted by Gasteiger charge is 2.24. The Labute approximate surface area is 137 Å². The van der Waals surface area contributed by atoms with Crippen molar-refractivity contribution in [3.05, 3.63) is 29.0 Å². The number of nitrogens with one attached hydrogen (secondary N) is 1. The SMILES string of the molecule is CC(C)(C)OC(=O)NC[C@@H]1CCN(Cc2ccncc2Cl)C1. The van der Waals surface area contributed by atoms with Crippen LogP contribution in [0.1, 0.15) is 32.8 Å². The van der Waals surface area contributed by atoms with E-state index in [1.54, 1.807) is 12.4 Å². The fourth-order valence-corrected chi connectivity index (χ4v) is 2.72. The van der Waals surface area contributed by atoms with Gasteiger partial charge in [-0.05, 0) is 51.3 Å². The molecule has 0 aliphatic carbocycles. The highest BCUT2D eigenvalue weighted by Crippen LogP contribution is 2.21. The van der Waals surface area contributed by atoms with E-state index in [-0.39, 0.29) is 6.09 Å². The number of amides is 1. The largest absolute Gasteiger partial charge is 0.444 e. The van der Waals surface area contributed by atoms with E-state index in [4.69, 9.17) is 16.3 Å². The van der Waals surface area contributed by atoms with E-state index in [0.717, 1.165) is 31.6 Å². The first-order valence-corrected chi connectivity index (χ1v) is 7.99. The first-order valence-electron chi connectivity index (χ1n) is 7.61. The van der Waals surface area contributed by atoms with Crippen LogP contribution >= 0.6 is 11.6 Å². The zero-order valence-electron chi connectivity index (χ0n) is 13.4. The molecule has 2 rings (SSSR count). The molecular formula is C16H24ClN3O2. The number of carbonyl (C=O) groups is 1. The number of pyridine rings is 1. The minimum absolute atomic E-state index is 0.344. The van der Waals surface area contributed by atoms with Crippen LogP contribution in [0.2, 0.25) is 5.02 Å². The molecule has 5 nitrogen and oxygen atoms in total. The molecule has 0 spiro atoms. The second-order valence-corrected chi connectivity index (χ2v) is 7.15. The van der Waals surface area contributed by atoms with Crippen LogP contribution in [0.4, 0.5) is 4.79 Å². The van der Waals surface area contributed by atoms with Crippen LogP contribution in [0, 0.1) is 5.92 Å². The molecule has 1 amide bonds. The van der Waals surface area contributed by atoms with Crippen LogP contribution in [-0.4, -0.2) is 41.2 Å². The van der Waals surface area contributed by atoms with E-state index in [1.807, 2.05) is 26.8 Å². The van der Waals surface area contributed by atoms with E-state index >= 15 is 0 Å². The summed E-state index contributed by atoms with van der Waals surface area (Å²) in [4.78, 5) is 18.0. The summed E-state index contributed by atoms with van der Waals surface area (Å²) in [5.41, 5.74) is 0.640. The summed E-state index contributed by atoms with van der Waals surface area (Å²) in [7, 11) is 0. The Morgan fingerprint density at radius 1 is 1.55 bits per heavy atom. The van der Waals surface area contributed by atoms with Gasteiger partial charge in [-0.3, -0.25) is 9.88 Å². The van der Waals surface area contributed by atoms with Crippen LogP contribution in [0.25, 0.3) is 0 Å². The average molecular weight is 326 g/mol. The van der Waals surface area contributed by atoms with Crippen LogP contribution in [0.5, 0.6) is 0 Å². The van der Waals surface area contributed by atoms with Crippen molar-refractivity contribution in [3.63, 3.8) is 0 Å². The number of ether oxygens (including phenoxy) is 1. The second kappa shape index (κ2) is 7.29. The molecule has 1 aliphatic rings. The smallest absolute Gasteiger partial charge is 0.407 e. The van der Waals surface area contributed by atoms with Crippen molar-refractivity contribution in [1.29, 1.82) is 0 Å². The molecule has 1 atom stereocenters. The molecule has 1 saturated heterocycles. The van der Waals surface area contributed by atoms with Crippen LogP contribution in [0.15, 0.2) is 18.5 Å². The van der Waals surface area contributed by atoms with Gasteiger partial charge in [0.25, 0.3) is 0 Å². The Hall–Kier alpha value is -1.33. The third kappa shape index (κ3) is 5.46. The summed E-state index contributed by atoms with van der Waals surface area (Å²) in [6.45, 7) is 9.03. The summed E-state index contributed by atoms with van der Waals surface area (Å²) in [6, 6.07) is 1.95. The van der Waals surface area contributed by atoms with Gasteiger partial charge in [-0.15, -0.1) is 0 Å². The zero-order chi connectivity index (χ0) is 16.2. The fourth-order valence-electron chi connectivity index (χ4n) is 2.54. The molecule has 1 N–H and O–H groups in total. The van der Waals surface area contributed by atoms with Crippen molar-refractivity contribution < 1.29 is 9.53 Å². The normalized spacial score (nSPS) is 19.2. The molecule has 2 heterocycles. The summed E-state index contributed by atoms with van der Waals surface area (Å²) in [6.07, 6.45) is 4.16. The first-order chi connectivity index (χ1) is 10.3. The topological polar surface area (TPSA) is 54.5 Å². The standard InChI is InChI=1S/C16H24ClN3O2/c1-16(2,3)22-15(21)19-8-12-5-7-20(10-12)11-13-4-6-18-9-14(13)17/h4,6,9,12H,5,7-8,10-11H2,1-3H3,(H,19,21)/t12-/m0/s1. The number of alkyl carbamates (subject to hydrolysis) is 1. The Bertz CT molecular complexity index is 516. The number of halogens is 1. The molecule has 1 fully saturated rings. The molecule has 0 aromatic carbocycles. The summed E-state index contributed by atoms with van der Waals surface area (Å²) in [5.74, 6) is 0.452. The molecule has 6 heteroatoms. The van der Waals surface area contributed by atoms with Gasteiger partial charge in [-0.25, -0.2) is 4.79 Å². The molecule has 1 aromatic heterocycles. The molecule has 0 unspecified atom stereocenters. The lowest BCUT2D eigenvalue weighted by Crippen LogP contribution is -2.36. The van der Waals surface area contributed by atoms with Crippen molar-refractivity contribution in [2.45, 2.75) is 39.3 Å². The quantitative estimate of drug-likeness (QED) is 0.924. The molecule has 22 heavy (non-hydrogen) atoms. The highest BCUT2D eigenvalue weighted by molar-refractivity contribution is 6.31. The maximum Gasteiger partial charge on any atom is 0.407 e. The van der Waals surface area contributed by atoms with Gasteiger partial charge >= 0.3 is 6.09 Å². The van der Waals surface area contributed by atoms with Crippen molar-refractivity contribution >= 4 is 17.7 Å². The predicted molar refractivity (Wildman–Crippen MR) is 86.9 cm³/mol. The zero-order valence-corrected chi connectivity index (χ0v) is 14.2. The van der Waals surface area contributed by atoms with Gasteiger partial charge in [0.05, 0.1) is 5.02 Å². The number of likely N-dealkylation sites (tertiary alicyclic amines) is 1. The number of carbonyl (C=O) groups excluding carboxylic acids is 1. The Morgan fingerprint density at radius 3 is 3.00 bits per heavy atom. The lowest BCUT2D eigenvalue weighted by Gasteiger charge is -2.21. The van der Waals surface area contributed by atoms with Crippen molar-refractivity contribution in [1.82, 2.24) is 15.2 Å². The number of hydrogen-bond donors (Lipinski definition) is 1.